The number of fused-ring (bicyclic) bond motifs is 3. The van der Waals surface area contributed by atoms with Crippen molar-refractivity contribution in [3.8, 4) is 0 Å². The number of ether oxygens (including phenoxy) is 2. The summed E-state index contributed by atoms with van der Waals surface area (Å²) < 4.78 is 12.3. The minimum absolute atomic E-state index is 0.00149. The second-order valence-corrected chi connectivity index (χ2v) is 7.46. The van der Waals surface area contributed by atoms with Crippen molar-refractivity contribution in [2.75, 3.05) is 14.2 Å². The molecule has 7 heteroatoms. The molecule has 0 aliphatic heterocycles. The van der Waals surface area contributed by atoms with Gasteiger partial charge >= 0.3 is 11.9 Å². The number of aromatic nitrogens is 1. The van der Waals surface area contributed by atoms with Gasteiger partial charge in [-0.15, -0.1) is 0 Å². The van der Waals surface area contributed by atoms with Crippen molar-refractivity contribution in [3.63, 3.8) is 0 Å². The number of methoxy groups -OCH3 is 2. The van der Waals surface area contributed by atoms with E-state index in [1.807, 2.05) is 30.3 Å². The van der Waals surface area contributed by atoms with Crippen LogP contribution in [0.2, 0.25) is 0 Å². The number of hydrogen-bond acceptors (Lipinski definition) is 5. The Bertz CT molecular complexity index is 1320. The Balaban J connectivity index is 2.17. The van der Waals surface area contributed by atoms with E-state index in [0.717, 1.165) is 9.86 Å². The summed E-state index contributed by atoms with van der Waals surface area (Å²) in [6.07, 6.45) is 1.67. The number of carbonyl (C=O) groups is 3. The Morgan fingerprint density at radius 3 is 2.13 bits per heavy atom. The highest BCUT2D eigenvalue weighted by molar-refractivity contribution is 9.10. The summed E-state index contributed by atoms with van der Waals surface area (Å²) in [5.41, 5.74) is 0.716. The molecule has 0 fully saturated rings. The molecule has 0 spiro atoms. The first-order chi connectivity index (χ1) is 14.5. The molecule has 0 amide bonds. The van der Waals surface area contributed by atoms with Crippen LogP contribution in [0.4, 0.5) is 0 Å². The van der Waals surface area contributed by atoms with Crippen LogP contribution in [-0.2, 0) is 9.47 Å². The van der Waals surface area contributed by atoms with Crippen molar-refractivity contribution in [1.29, 1.82) is 0 Å². The van der Waals surface area contributed by atoms with Gasteiger partial charge in [-0.2, -0.15) is 0 Å². The molecule has 150 valence electrons. The van der Waals surface area contributed by atoms with Gasteiger partial charge in [0.25, 0.3) is 0 Å². The van der Waals surface area contributed by atoms with E-state index < -0.39 is 17.7 Å². The summed E-state index contributed by atoms with van der Waals surface area (Å²) in [6, 6.07) is 16.0. The predicted octanol–water partition coefficient (Wildman–Crippen LogP) is 4.66. The Hall–Kier alpha value is -3.45. The molecule has 0 saturated carbocycles. The lowest BCUT2D eigenvalue weighted by atomic mass is 10.0. The van der Waals surface area contributed by atoms with Gasteiger partial charge in [-0.3, -0.25) is 4.79 Å². The molecule has 2 aromatic carbocycles. The number of hydrogen-bond donors (Lipinski definition) is 0. The van der Waals surface area contributed by atoms with Crippen LogP contribution in [0.1, 0.15) is 36.8 Å². The molecule has 0 aliphatic rings. The molecule has 0 N–H and O–H groups in total. The fourth-order valence-electron chi connectivity index (χ4n) is 3.58. The van der Waals surface area contributed by atoms with Crippen molar-refractivity contribution in [2.45, 2.75) is 0 Å². The topological polar surface area (TPSA) is 74.1 Å². The van der Waals surface area contributed by atoms with Crippen molar-refractivity contribution < 1.29 is 23.9 Å². The third-order valence-electron chi connectivity index (χ3n) is 4.93. The predicted molar refractivity (Wildman–Crippen MR) is 115 cm³/mol. The van der Waals surface area contributed by atoms with E-state index in [2.05, 4.69) is 15.9 Å². The van der Waals surface area contributed by atoms with Crippen LogP contribution >= 0.6 is 15.9 Å². The molecule has 4 rings (SSSR count). The summed E-state index contributed by atoms with van der Waals surface area (Å²) in [6.45, 7) is 0. The van der Waals surface area contributed by atoms with E-state index in [1.54, 1.807) is 34.9 Å². The number of carbonyl (C=O) groups excluding carboxylic acids is 3. The highest BCUT2D eigenvalue weighted by Crippen LogP contribution is 2.32. The molecule has 0 atom stereocenters. The fraction of sp³-hybridized carbons (Fsp3) is 0.0870. The van der Waals surface area contributed by atoms with Crippen LogP contribution in [-0.4, -0.2) is 36.3 Å². The van der Waals surface area contributed by atoms with Crippen LogP contribution in [0.3, 0.4) is 0 Å². The van der Waals surface area contributed by atoms with E-state index in [0.29, 0.717) is 16.5 Å². The van der Waals surface area contributed by atoms with Gasteiger partial charge in [0.2, 0.25) is 5.78 Å². The van der Waals surface area contributed by atoms with Crippen LogP contribution < -0.4 is 0 Å². The van der Waals surface area contributed by atoms with Crippen LogP contribution in [0.15, 0.2) is 65.3 Å². The second kappa shape index (κ2) is 7.76. The van der Waals surface area contributed by atoms with Gasteiger partial charge in [-0.05, 0) is 35.7 Å². The van der Waals surface area contributed by atoms with E-state index in [4.69, 9.17) is 9.47 Å². The molecule has 4 aromatic rings. The van der Waals surface area contributed by atoms with Crippen LogP contribution in [0.5, 0.6) is 0 Å². The third kappa shape index (κ3) is 3.07. The maximum atomic E-state index is 13.5. The zero-order valence-corrected chi connectivity index (χ0v) is 17.7. The Kier molecular flexibility index (Phi) is 5.13. The van der Waals surface area contributed by atoms with Gasteiger partial charge in [-0.25, -0.2) is 9.59 Å². The lowest BCUT2D eigenvalue weighted by molar-refractivity contribution is 0.0556. The van der Waals surface area contributed by atoms with Crippen LogP contribution in [0.25, 0.3) is 16.3 Å². The SMILES string of the molecule is COC(=O)c1c(C(=O)OC)c2c3ccccc3ccn2c1C(=O)c1ccc(Br)cc1. The largest absolute Gasteiger partial charge is 0.465 e. The number of esters is 2. The third-order valence-corrected chi connectivity index (χ3v) is 5.45. The Morgan fingerprint density at radius 1 is 0.833 bits per heavy atom. The standard InChI is InChI=1S/C23H16BrNO5/c1-29-22(27)17-18(23(28)30-2)20(21(26)14-7-9-15(24)10-8-14)25-12-11-13-5-3-4-6-16(13)19(17)25/h3-12H,1-2H3. The normalized spacial score (nSPS) is 10.9. The van der Waals surface area contributed by atoms with E-state index in [9.17, 15) is 14.4 Å². The number of nitrogens with zero attached hydrogens (tertiary/aromatic N) is 1. The van der Waals surface area contributed by atoms with Gasteiger partial charge in [0.05, 0.1) is 19.7 Å². The number of pyridine rings is 1. The smallest absolute Gasteiger partial charge is 0.341 e. The van der Waals surface area contributed by atoms with Crippen LogP contribution in [0, 0.1) is 0 Å². The molecule has 30 heavy (non-hydrogen) atoms. The number of ketones is 1. The van der Waals surface area contributed by atoms with Crippen molar-refractivity contribution in [2.24, 2.45) is 0 Å². The first-order valence-electron chi connectivity index (χ1n) is 9.00. The number of rotatable bonds is 4. The Morgan fingerprint density at radius 2 is 1.47 bits per heavy atom. The molecule has 0 saturated heterocycles. The first-order valence-corrected chi connectivity index (χ1v) is 9.80. The Labute approximate surface area is 180 Å². The molecular weight excluding hydrogens is 450 g/mol. The summed E-state index contributed by atoms with van der Waals surface area (Å²) in [7, 11) is 2.44. The van der Waals surface area contributed by atoms with E-state index in [1.165, 1.54) is 14.2 Å². The molecule has 0 radical (unpaired) electrons. The van der Waals surface area contributed by atoms with Crippen molar-refractivity contribution >= 4 is 49.9 Å². The highest BCUT2D eigenvalue weighted by atomic mass is 79.9. The van der Waals surface area contributed by atoms with Gasteiger partial charge in [0, 0.05) is 21.6 Å². The van der Waals surface area contributed by atoms with Gasteiger partial charge < -0.3 is 13.9 Å². The molecule has 2 aromatic heterocycles. The lowest BCUT2D eigenvalue weighted by Crippen LogP contribution is -2.15. The van der Waals surface area contributed by atoms with Gasteiger partial charge in [0.15, 0.2) is 0 Å². The quantitative estimate of drug-likeness (QED) is 0.323. The molecule has 0 unspecified atom stereocenters. The summed E-state index contributed by atoms with van der Waals surface area (Å²) in [5, 5.41) is 1.56. The first kappa shape index (κ1) is 19.8. The van der Waals surface area contributed by atoms with Crippen molar-refractivity contribution in [1.82, 2.24) is 4.40 Å². The van der Waals surface area contributed by atoms with E-state index in [-0.39, 0.29) is 16.8 Å². The summed E-state index contributed by atoms with van der Waals surface area (Å²) in [4.78, 5) is 39.0. The maximum absolute atomic E-state index is 13.5. The summed E-state index contributed by atoms with van der Waals surface area (Å²) >= 11 is 3.35. The van der Waals surface area contributed by atoms with E-state index >= 15 is 0 Å². The minimum atomic E-state index is -0.788. The zero-order valence-electron chi connectivity index (χ0n) is 16.1. The molecule has 6 nitrogen and oxygen atoms in total. The zero-order chi connectivity index (χ0) is 21.4. The molecule has 2 heterocycles. The van der Waals surface area contributed by atoms with Crippen molar-refractivity contribution in [3.05, 3.63) is 87.7 Å². The molecular formula is C23H16BrNO5. The van der Waals surface area contributed by atoms with Gasteiger partial charge in [-0.1, -0.05) is 40.2 Å². The minimum Gasteiger partial charge on any atom is -0.465 e. The average molecular weight is 466 g/mol. The number of halogens is 1. The highest BCUT2D eigenvalue weighted by Gasteiger charge is 2.33. The molecule has 0 aliphatic carbocycles. The summed E-state index contributed by atoms with van der Waals surface area (Å²) in [5.74, 6) is -1.92. The monoisotopic (exact) mass is 465 g/mol. The van der Waals surface area contributed by atoms with Gasteiger partial charge in [0.1, 0.15) is 16.8 Å². The second-order valence-electron chi connectivity index (χ2n) is 6.54. The average Bonchev–Trinajstić information content (AvgIpc) is 3.13. The fourth-order valence-corrected chi connectivity index (χ4v) is 3.84. The lowest BCUT2D eigenvalue weighted by Gasteiger charge is -2.07. The number of benzene rings is 2. The molecule has 0 bridgehead atoms. The maximum Gasteiger partial charge on any atom is 0.341 e.